The molecule has 0 aliphatic carbocycles. The van der Waals surface area contributed by atoms with E-state index >= 15 is 0 Å². The second-order valence-electron chi connectivity index (χ2n) is 5.50. The standard InChI is InChI=1S/C19H23NO6/c1-3-4-9-25-16-8-7-14(11-17(16)23-2)19(22)26-13-18(21)20-12-15-6-5-10-24-15/h5-8,10-11H,3-4,9,12-13H2,1-2H3,(H,20,21). The van der Waals surface area contributed by atoms with E-state index < -0.39 is 11.9 Å². The maximum absolute atomic E-state index is 12.1. The van der Waals surface area contributed by atoms with Crippen molar-refractivity contribution in [1.82, 2.24) is 5.32 Å². The maximum Gasteiger partial charge on any atom is 0.338 e. The van der Waals surface area contributed by atoms with Crippen LogP contribution in [0.3, 0.4) is 0 Å². The number of hydrogen-bond acceptors (Lipinski definition) is 6. The number of carbonyl (C=O) groups is 2. The Morgan fingerprint density at radius 2 is 2.04 bits per heavy atom. The molecule has 0 aliphatic rings. The second kappa shape index (κ2) is 10.1. The summed E-state index contributed by atoms with van der Waals surface area (Å²) in [6, 6.07) is 8.23. The number of esters is 1. The number of ether oxygens (including phenoxy) is 3. The van der Waals surface area contributed by atoms with Crippen molar-refractivity contribution >= 4 is 11.9 Å². The van der Waals surface area contributed by atoms with Crippen molar-refractivity contribution in [2.45, 2.75) is 26.3 Å². The Labute approximate surface area is 152 Å². The SMILES string of the molecule is CCCCOc1ccc(C(=O)OCC(=O)NCc2ccco2)cc1OC. The van der Waals surface area contributed by atoms with E-state index in [1.807, 2.05) is 0 Å². The number of rotatable bonds is 10. The molecule has 0 bridgehead atoms. The first-order valence-electron chi connectivity index (χ1n) is 8.41. The van der Waals surface area contributed by atoms with Gasteiger partial charge in [-0.1, -0.05) is 13.3 Å². The van der Waals surface area contributed by atoms with Gasteiger partial charge in [-0.15, -0.1) is 0 Å². The molecule has 1 amide bonds. The van der Waals surface area contributed by atoms with Crippen LogP contribution in [0.4, 0.5) is 0 Å². The summed E-state index contributed by atoms with van der Waals surface area (Å²) in [5.74, 6) is 0.595. The van der Waals surface area contributed by atoms with Crippen LogP contribution in [0.15, 0.2) is 41.0 Å². The van der Waals surface area contributed by atoms with Crippen LogP contribution in [0.5, 0.6) is 11.5 Å². The van der Waals surface area contributed by atoms with Crippen molar-refractivity contribution in [3.63, 3.8) is 0 Å². The molecule has 0 fully saturated rings. The monoisotopic (exact) mass is 361 g/mol. The molecule has 1 aromatic heterocycles. The second-order valence-corrected chi connectivity index (χ2v) is 5.50. The molecule has 0 aliphatic heterocycles. The first-order valence-corrected chi connectivity index (χ1v) is 8.41. The van der Waals surface area contributed by atoms with Crippen LogP contribution >= 0.6 is 0 Å². The van der Waals surface area contributed by atoms with Crippen LogP contribution in [-0.2, 0) is 16.1 Å². The van der Waals surface area contributed by atoms with Crippen molar-refractivity contribution < 1.29 is 28.2 Å². The smallest absolute Gasteiger partial charge is 0.338 e. The van der Waals surface area contributed by atoms with Crippen molar-refractivity contribution in [2.75, 3.05) is 20.3 Å². The Balaban J connectivity index is 1.85. The van der Waals surface area contributed by atoms with E-state index in [0.717, 1.165) is 12.8 Å². The molecule has 2 aromatic rings. The summed E-state index contributed by atoms with van der Waals surface area (Å²) < 4.78 is 21.0. The molecule has 0 spiro atoms. The summed E-state index contributed by atoms with van der Waals surface area (Å²) in [6.07, 6.45) is 3.47. The highest BCUT2D eigenvalue weighted by molar-refractivity contribution is 5.92. The number of amides is 1. The van der Waals surface area contributed by atoms with E-state index in [0.29, 0.717) is 23.9 Å². The fraction of sp³-hybridized carbons (Fsp3) is 0.368. The minimum Gasteiger partial charge on any atom is -0.493 e. The lowest BCUT2D eigenvalue weighted by Crippen LogP contribution is -2.28. The highest BCUT2D eigenvalue weighted by atomic mass is 16.5. The molecule has 1 aromatic carbocycles. The highest BCUT2D eigenvalue weighted by Gasteiger charge is 2.14. The van der Waals surface area contributed by atoms with Gasteiger partial charge in [0.1, 0.15) is 5.76 Å². The normalized spacial score (nSPS) is 10.2. The van der Waals surface area contributed by atoms with Gasteiger partial charge >= 0.3 is 5.97 Å². The summed E-state index contributed by atoms with van der Waals surface area (Å²) in [7, 11) is 1.50. The lowest BCUT2D eigenvalue weighted by atomic mass is 10.2. The Morgan fingerprint density at radius 1 is 1.19 bits per heavy atom. The van der Waals surface area contributed by atoms with Gasteiger partial charge in [0.25, 0.3) is 5.91 Å². The summed E-state index contributed by atoms with van der Waals surface area (Å²) >= 11 is 0. The van der Waals surface area contributed by atoms with Crippen LogP contribution < -0.4 is 14.8 Å². The largest absolute Gasteiger partial charge is 0.493 e. The number of carbonyl (C=O) groups excluding carboxylic acids is 2. The fourth-order valence-corrected chi connectivity index (χ4v) is 2.10. The van der Waals surface area contributed by atoms with E-state index in [4.69, 9.17) is 18.6 Å². The average molecular weight is 361 g/mol. The van der Waals surface area contributed by atoms with Crippen LogP contribution in [0.25, 0.3) is 0 Å². The van der Waals surface area contributed by atoms with Gasteiger partial charge in [0, 0.05) is 0 Å². The van der Waals surface area contributed by atoms with Gasteiger partial charge in [-0.3, -0.25) is 4.79 Å². The van der Waals surface area contributed by atoms with Gasteiger partial charge in [-0.2, -0.15) is 0 Å². The molecule has 1 N–H and O–H groups in total. The lowest BCUT2D eigenvalue weighted by molar-refractivity contribution is -0.124. The molecule has 0 atom stereocenters. The molecule has 0 saturated carbocycles. The number of benzene rings is 1. The Morgan fingerprint density at radius 3 is 2.73 bits per heavy atom. The zero-order chi connectivity index (χ0) is 18.8. The van der Waals surface area contributed by atoms with Crippen LogP contribution in [-0.4, -0.2) is 32.2 Å². The molecular weight excluding hydrogens is 338 g/mol. The molecule has 26 heavy (non-hydrogen) atoms. The number of methoxy groups -OCH3 is 1. The van der Waals surface area contributed by atoms with Crippen LogP contribution in [0, 0.1) is 0 Å². The molecule has 1 heterocycles. The van der Waals surface area contributed by atoms with E-state index in [2.05, 4.69) is 12.2 Å². The van der Waals surface area contributed by atoms with Crippen molar-refractivity contribution in [2.24, 2.45) is 0 Å². The Kier molecular flexibility index (Phi) is 7.54. The zero-order valence-corrected chi connectivity index (χ0v) is 14.9. The molecule has 0 saturated heterocycles. The number of nitrogens with one attached hydrogen (secondary N) is 1. The Hall–Kier alpha value is -2.96. The van der Waals surface area contributed by atoms with Gasteiger partial charge < -0.3 is 23.9 Å². The van der Waals surface area contributed by atoms with E-state index in [1.165, 1.54) is 19.4 Å². The van der Waals surface area contributed by atoms with Gasteiger partial charge in [0.05, 0.1) is 32.1 Å². The first-order chi connectivity index (χ1) is 12.6. The third-order valence-electron chi connectivity index (χ3n) is 3.53. The quantitative estimate of drug-likeness (QED) is 0.517. The Bertz CT molecular complexity index is 711. The van der Waals surface area contributed by atoms with E-state index in [-0.39, 0.29) is 18.7 Å². The van der Waals surface area contributed by atoms with Crippen molar-refractivity contribution in [3.05, 3.63) is 47.9 Å². The molecule has 7 nitrogen and oxygen atoms in total. The summed E-state index contributed by atoms with van der Waals surface area (Å²) in [6.45, 7) is 2.51. The molecule has 7 heteroatoms. The van der Waals surface area contributed by atoms with Gasteiger partial charge in [0.2, 0.25) is 0 Å². The summed E-state index contributed by atoms with van der Waals surface area (Å²) in [4.78, 5) is 23.8. The fourth-order valence-electron chi connectivity index (χ4n) is 2.10. The van der Waals surface area contributed by atoms with Crippen molar-refractivity contribution in [3.8, 4) is 11.5 Å². The number of furan rings is 1. The first kappa shape index (κ1) is 19.4. The molecule has 0 unspecified atom stereocenters. The zero-order valence-electron chi connectivity index (χ0n) is 14.9. The lowest BCUT2D eigenvalue weighted by Gasteiger charge is -2.12. The minimum absolute atomic E-state index is 0.237. The van der Waals surface area contributed by atoms with Crippen molar-refractivity contribution in [1.29, 1.82) is 0 Å². The maximum atomic E-state index is 12.1. The third-order valence-corrected chi connectivity index (χ3v) is 3.53. The molecular formula is C19H23NO6. The van der Waals surface area contributed by atoms with Gasteiger partial charge in [-0.05, 0) is 36.8 Å². The van der Waals surface area contributed by atoms with Gasteiger partial charge in [-0.25, -0.2) is 4.79 Å². The number of unbranched alkanes of at least 4 members (excludes halogenated alkanes) is 1. The average Bonchev–Trinajstić information content (AvgIpc) is 3.18. The molecule has 140 valence electrons. The van der Waals surface area contributed by atoms with Crippen LogP contribution in [0.2, 0.25) is 0 Å². The minimum atomic E-state index is -0.614. The summed E-state index contributed by atoms with van der Waals surface area (Å²) in [5.41, 5.74) is 0.281. The predicted molar refractivity (Wildman–Crippen MR) is 94.2 cm³/mol. The third kappa shape index (κ3) is 5.84. The van der Waals surface area contributed by atoms with Crippen LogP contribution in [0.1, 0.15) is 35.9 Å². The van der Waals surface area contributed by atoms with E-state index in [1.54, 1.807) is 24.3 Å². The highest BCUT2D eigenvalue weighted by Crippen LogP contribution is 2.28. The number of hydrogen-bond donors (Lipinski definition) is 1. The summed E-state index contributed by atoms with van der Waals surface area (Å²) in [5, 5.41) is 2.60. The van der Waals surface area contributed by atoms with Gasteiger partial charge in [0.15, 0.2) is 18.1 Å². The topological polar surface area (TPSA) is 87.0 Å². The molecule has 2 rings (SSSR count). The molecule has 0 radical (unpaired) electrons. The predicted octanol–water partition coefficient (Wildman–Crippen LogP) is 2.94. The van der Waals surface area contributed by atoms with E-state index in [9.17, 15) is 9.59 Å².